The molecule has 142 valence electrons. The zero-order valence-electron chi connectivity index (χ0n) is 16.3. The molecule has 1 aliphatic rings. The lowest BCUT2D eigenvalue weighted by Crippen LogP contribution is -2.45. The van der Waals surface area contributed by atoms with Crippen molar-refractivity contribution < 1.29 is 4.79 Å². The van der Waals surface area contributed by atoms with Crippen LogP contribution in [0.3, 0.4) is 0 Å². The number of piperidine rings is 1. The van der Waals surface area contributed by atoms with E-state index in [1.54, 1.807) is 4.52 Å². The first kappa shape index (κ1) is 18.8. The molecule has 2 aromatic heterocycles. The molecule has 2 aromatic rings. The number of aromatic nitrogens is 4. The Morgan fingerprint density at radius 3 is 3.00 bits per heavy atom. The lowest BCUT2D eigenvalue weighted by atomic mass is 10.00. The van der Waals surface area contributed by atoms with Crippen LogP contribution in [0.5, 0.6) is 0 Å². The van der Waals surface area contributed by atoms with Gasteiger partial charge in [-0.25, -0.2) is 9.50 Å². The van der Waals surface area contributed by atoms with Crippen molar-refractivity contribution in [2.45, 2.75) is 59.4 Å². The summed E-state index contributed by atoms with van der Waals surface area (Å²) < 4.78 is 1.74. The van der Waals surface area contributed by atoms with Gasteiger partial charge >= 0.3 is 0 Å². The Morgan fingerprint density at radius 1 is 1.42 bits per heavy atom. The van der Waals surface area contributed by atoms with E-state index in [0.29, 0.717) is 18.6 Å². The lowest BCUT2D eigenvalue weighted by molar-refractivity contribution is -0.121. The molecule has 0 saturated carbocycles. The molecular weight excluding hydrogens is 328 g/mol. The minimum Gasteiger partial charge on any atom is -0.352 e. The molecule has 2 atom stereocenters. The third kappa shape index (κ3) is 4.38. The van der Waals surface area contributed by atoms with Crippen LogP contribution in [0.15, 0.2) is 6.33 Å². The van der Waals surface area contributed by atoms with Crippen LogP contribution in [0.2, 0.25) is 0 Å². The summed E-state index contributed by atoms with van der Waals surface area (Å²) in [7, 11) is 0. The number of carbonyl (C=O) groups is 1. The largest absolute Gasteiger partial charge is 0.352 e. The topological polar surface area (TPSA) is 75.4 Å². The predicted molar refractivity (Wildman–Crippen MR) is 101 cm³/mol. The summed E-state index contributed by atoms with van der Waals surface area (Å²) in [4.78, 5) is 23.5. The summed E-state index contributed by atoms with van der Waals surface area (Å²) >= 11 is 0. The van der Waals surface area contributed by atoms with E-state index in [-0.39, 0.29) is 11.9 Å². The van der Waals surface area contributed by atoms with E-state index in [0.717, 1.165) is 42.5 Å². The first-order chi connectivity index (χ1) is 12.4. The third-order valence-electron chi connectivity index (χ3n) is 5.27. The molecule has 1 saturated heterocycles. The maximum Gasteiger partial charge on any atom is 0.252 e. The number of hydrogen-bond acceptors (Lipinski definition) is 5. The predicted octanol–water partition coefficient (Wildman–Crippen LogP) is 1.91. The Bertz CT molecular complexity index is 771. The molecule has 7 nitrogen and oxygen atoms in total. The molecule has 1 aliphatic heterocycles. The van der Waals surface area contributed by atoms with Crippen LogP contribution in [0.25, 0.3) is 5.78 Å². The lowest BCUT2D eigenvalue weighted by Gasteiger charge is -2.32. The molecule has 1 fully saturated rings. The van der Waals surface area contributed by atoms with Crippen molar-refractivity contribution in [1.82, 2.24) is 29.8 Å². The minimum absolute atomic E-state index is 0.0973. The number of nitrogens with one attached hydrogen (secondary N) is 1. The summed E-state index contributed by atoms with van der Waals surface area (Å²) in [5.74, 6) is 1.47. The monoisotopic (exact) mass is 358 g/mol. The summed E-state index contributed by atoms with van der Waals surface area (Å²) in [5.41, 5.74) is 3.01. The fourth-order valence-electron chi connectivity index (χ4n) is 3.99. The Balaban J connectivity index is 1.52. The molecule has 0 unspecified atom stereocenters. The number of nitrogens with zero attached hydrogens (tertiary/aromatic N) is 5. The fraction of sp³-hybridized carbons (Fsp3) is 0.684. The molecule has 1 N–H and O–H groups in total. The van der Waals surface area contributed by atoms with E-state index in [2.05, 4.69) is 39.1 Å². The average Bonchev–Trinajstić information content (AvgIpc) is 3.02. The van der Waals surface area contributed by atoms with Gasteiger partial charge < -0.3 is 10.2 Å². The van der Waals surface area contributed by atoms with E-state index in [4.69, 9.17) is 0 Å². The minimum atomic E-state index is 0.0973. The Kier molecular flexibility index (Phi) is 5.86. The van der Waals surface area contributed by atoms with Crippen molar-refractivity contribution in [3.05, 3.63) is 23.3 Å². The molecule has 0 aliphatic carbocycles. The number of rotatable bonds is 6. The highest BCUT2D eigenvalue weighted by atomic mass is 16.1. The van der Waals surface area contributed by atoms with E-state index in [1.165, 1.54) is 19.2 Å². The number of aryl methyl sites for hydroxylation is 2. The highest BCUT2D eigenvalue weighted by molar-refractivity contribution is 5.76. The summed E-state index contributed by atoms with van der Waals surface area (Å²) in [6.07, 6.45) is 5.22. The van der Waals surface area contributed by atoms with Crippen molar-refractivity contribution in [2.75, 3.05) is 19.6 Å². The molecule has 1 amide bonds. The van der Waals surface area contributed by atoms with Gasteiger partial charge in [-0.15, -0.1) is 0 Å². The summed E-state index contributed by atoms with van der Waals surface area (Å²) in [6, 6.07) is 0.172. The molecule has 7 heteroatoms. The standard InChI is InChI=1S/C19H30N6O/c1-13-6-5-9-24(10-13)11-14(2)22-18(26)8-7-17-15(3)23-19-20-12-21-25(19)16(17)4/h12-14H,5-11H2,1-4H3,(H,22,26)/t13-,14-/m0/s1. The number of carbonyl (C=O) groups excluding carboxylic acids is 1. The third-order valence-corrected chi connectivity index (χ3v) is 5.27. The molecule has 0 bridgehead atoms. The number of amides is 1. The highest BCUT2D eigenvalue weighted by Crippen LogP contribution is 2.16. The number of fused-ring (bicyclic) bond motifs is 1. The van der Waals surface area contributed by atoms with Gasteiger partial charge in [0.25, 0.3) is 5.78 Å². The molecule has 0 spiro atoms. The van der Waals surface area contributed by atoms with Gasteiger partial charge in [-0.2, -0.15) is 10.1 Å². The second kappa shape index (κ2) is 8.12. The van der Waals surface area contributed by atoms with Crippen LogP contribution in [0.1, 0.15) is 50.1 Å². The quantitative estimate of drug-likeness (QED) is 0.854. The van der Waals surface area contributed by atoms with Crippen molar-refractivity contribution in [3.8, 4) is 0 Å². The van der Waals surface area contributed by atoms with Gasteiger partial charge in [-0.05, 0) is 58.1 Å². The van der Waals surface area contributed by atoms with Gasteiger partial charge in [0.15, 0.2) is 0 Å². The molecule has 0 aromatic carbocycles. The SMILES string of the molecule is Cc1nc2ncnn2c(C)c1CCC(=O)N[C@@H](C)CN1CCC[C@H](C)C1. The van der Waals surface area contributed by atoms with Crippen LogP contribution in [-0.2, 0) is 11.2 Å². The van der Waals surface area contributed by atoms with E-state index in [9.17, 15) is 4.79 Å². The zero-order valence-corrected chi connectivity index (χ0v) is 16.3. The van der Waals surface area contributed by atoms with Gasteiger partial charge in [0.1, 0.15) is 6.33 Å². The van der Waals surface area contributed by atoms with Crippen LogP contribution in [0, 0.1) is 19.8 Å². The van der Waals surface area contributed by atoms with Crippen molar-refractivity contribution in [2.24, 2.45) is 5.92 Å². The van der Waals surface area contributed by atoms with Crippen molar-refractivity contribution in [1.29, 1.82) is 0 Å². The smallest absolute Gasteiger partial charge is 0.252 e. The van der Waals surface area contributed by atoms with E-state index in [1.807, 2.05) is 13.8 Å². The van der Waals surface area contributed by atoms with Gasteiger partial charge in [-0.3, -0.25) is 4.79 Å². The van der Waals surface area contributed by atoms with Gasteiger partial charge in [0, 0.05) is 36.9 Å². The van der Waals surface area contributed by atoms with E-state index >= 15 is 0 Å². The molecule has 0 radical (unpaired) electrons. The Labute approximate surface area is 155 Å². The first-order valence-corrected chi connectivity index (χ1v) is 9.61. The fourth-order valence-corrected chi connectivity index (χ4v) is 3.99. The van der Waals surface area contributed by atoms with Gasteiger partial charge in [0.05, 0.1) is 0 Å². The van der Waals surface area contributed by atoms with Crippen LogP contribution < -0.4 is 5.32 Å². The average molecular weight is 358 g/mol. The second-order valence-electron chi connectivity index (χ2n) is 7.71. The van der Waals surface area contributed by atoms with E-state index < -0.39 is 0 Å². The highest BCUT2D eigenvalue weighted by Gasteiger charge is 2.19. The van der Waals surface area contributed by atoms with Gasteiger partial charge in [-0.1, -0.05) is 6.92 Å². The molecule has 26 heavy (non-hydrogen) atoms. The molecule has 3 heterocycles. The van der Waals surface area contributed by atoms with Crippen molar-refractivity contribution >= 4 is 11.7 Å². The van der Waals surface area contributed by atoms with Crippen molar-refractivity contribution in [3.63, 3.8) is 0 Å². The summed E-state index contributed by atoms with van der Waals surface area (Å²) in [6.45, 7) is 11.6. The Hall–Kier alpha value is -2.02. The maximum absolute atomic E-state index is 12.4. The van der Waals surface area contributed by atoms with Crippen LogP contribution in [-0.4, -0.2) is 56.1 Å². The number of likely N-dealkylation sites (tertiary alicyclic amines) is 1. The number of hydrogen-bond donors (Lipinski definition) is 1. The zero-order chi connectivity index (χ0) is 18.7. The van der Waals surface area contributed by atoms with Crippen LogP contribution >= 0.6 is 0 Å². The first-order valence-electron chi connectivity index (χ1n) is 9.61. The maximum atomic E-state index is 12.4. The normalized spacial score (nSPS) is 19.6. The summed E-state index contributed by atoms with van der Waals surface area (Å²) in [5, 5.41) is 7.35. The molecule has 3 rings (SSSR count). The Morgan fingerprint density at radius 2 is 2.23 bits per heavy atom. The molecular formula is C19H30N6O. The second-order valence-corrected chi connectivity index (χ2v) is 7.71. The van der Waals surface area contributed by atoms with Gasteiger partial charge in [0.2, 0.25) is 5.91 Å². The van der Waals surface area contributed by atoms with Crippen LogP contribution in [0.4, 0.5) is 0 Å².